The summed E-state index contributed by atoms with van der Waals surface area (Å²) in [5, 5.41) is 6.57. The van der Waals surface area contributed by atoms with Gasteiger partial charge < -0.3 is 19.8 Å². The summed E-state index contributed by atoms with van der Waals surface area (Å²) in [6.45, 7) is 1.51. The van der Waals surface area contributed by atoms with Gasteiger partial charge in [0.2, 0.25) is 0 Å². The fourth-order valence-electron chi connectivity index (χ4n) is 4.79. The Labute approximate surface area is 203 Å². The first-order chi connectivity index (χ1) is 16.1. The third kappa shape index (κ3) is 4.01. The highest BCUT2D eigenvalue weighted by Gasteiger charge is 2.69. The third-order valence-corrected chi connectivity index (χ3v) is 7.02. The molecule has 2 amide bonds. The molecule has 2 aromatic carbocycles. The van der Waals surface area contributed by atoms with Crippen molar-refractivity contribution in [3.05, 3.63) is 73.8 Å². The molecule has 176 valence electrons. The second-order valence-electron chi connectivity index (χ2n) is 9.03. The molecule has 10 heteroatoms. The lowest BCUT2D eigenvalue weighted by Crippen LogP contribution is -2.84. The van der Waals surface area contributed by atoms with Gasteiger partial charge in [0.05, 0.1) is 10.4 Å². The van der Waals surface area contributed by atoms with Crippen molar-refractivity contribution in [2.24, 2.45) is 0 Å². The second-order valence-corrected chi connectivity index (χ2v) is 9.84. The van der Waals surface area contributed by atoms with Gasteiger partial charge in [-0.3, -0.25) is 14.4 Å². The minimum absolute atomic E-state index is 0.0273. The van der Waals surface area contributed by atoms with Crippen LogP contribution in [0.2, 0.25) is 10.0 Å². The number of hydrogen-bond acceptors (Lipinski definition) is 5. The van der Waals surface area contributed by atoms with Gasteiger partial charge in [-0.15, -0.1) is 0 Å². The average Bonchev–Trinajstić information content (AvgIpc) is 2.73. The summed E-state index contributed by atoms with van der Waals surface area (Å²) in [6.07, 6.45) is 1.67. The molecule has 6 rings (SSSR count). The molecule has 0 spiro atoms. The molecule has 0 radical (unpaired) electrons. The maximum absolute atomic E-state index is 13.5. The van der Waals surface area contributed by atoms with E-state index >= 15 is 0 Å². The molecule has 1 heterocycles. The third-order valence-electron chi connectivity index (χ3n) is 6.31. The van der Waals surface area contributed by atoms with Crippen LogP contribution in [-0.4, -0.2) is 29.5 Å². The maximum Gasteiger partial charge on any atom is 0.287 e. The van der Waals surface area contributed by atoms with Crippen LogP contribution in [-0.2, 0) is 4.79 Å². The van der Waals surface area contributed by atoms with Crippen molar-refractivity contribution < 1.29 is 23.1 Å². The average molecular weight is 505 g/mol. The van der Waals surface area contributed by atoms with Crippen molar-refractivity contribution in [2.75, 3.05) is 6.61 Å². The maximum atomic E-state index is 13.5. The minimum atomic E-state index is -0.627. The Hall–Kier alpha value is -3.10. The van der Waals surface area contributed by atoms with Crippen molar-refractivity contribution in [2.45, 2.75) is 37.3 Å². The molecule has 3 aliphatic carbocycles. The van der Waals surface area contributed by atoms with E-state index in [1.54, 1.807) is 13.0 Å². The number of nitrogens with one attached hydrogen (secondary N) is 2. The lowest BCUT2D eigenvalue weighted by molar-refractivity contribution is -0.141. The summed E-state index contributed by atoms with van der Waals surface area (Å²) in [6, 6.07) is 8.25. The smallest absolute Gasteiger partial charge is 0.287 e. The van der Waals surface area contributed by atoms with Crippen LogP contribution in [0.25, 0.3) is 11.0 Å². The van der Waals surface area contributed by atoms with Gasteiger partial charge in [0.15, 0.2) is 17.8 Å². The van der Waals surface area contributed by atoms with Crippen LogP contribution in [0, 0.1) is 12.7 Å². The fraction of sp³-hybridized carbons (Fsp3) is 0.292. The van der Waals surface area contributed by atoms with Crippen molar-refractivity contribution in [3.8, 4) is 5.75 Å². The number of ether oxygens (including phenoxy) is 1. The monoisotopic (exact) mass is 504 g/mol. The highest BCUT2D eigenvalue weighted by molar-refractivity contribution is 6.32. The van der Waals surface area contributed by atoms with Gasteiger partial charge in [-0.25, -0.2) is 4.39 Å². The van der Waals surface area contributed by atoms with E-state index in [0.29, 0.717) is 35.3 Å². The Bertz CT molecular complexity index is 1400. The van der Waals surface area contributed by atoms with Crippen molar-refractivity contribution in [1.29, 1.82) is 0 Å². The van der Waals surface area contributed by atoms with Crippen LogP contribution in [0.15, 0.2) is 45.6 Å². The van der Waals surface area contributed by atoms with Crippen LogP contribution >= 0.6 is 23.2 Å². The van der Waals surface area contributed by atoms with E-state index in [2.05, 4.69) is 10.6 Å². The number of fused-ring (bicyclic) bond motifs is 1. The second kappa shape index (κ2) is 7.99. The quantitative estimate of drug-likeness (QED) is 0.525. The van der Waals surface area contributed by atoms with Gasteiger partial charge in [-0.05, 0) is 56.0 Å². The van der Waals surface area contributed by atoms with E-state index in [1.807, 2.05) is 0 Å². The summed E-state index contributed by atoms with van der Waals surface area (Å²) in [4.78, 5) is 37.4. The predicted octanol–water partition coefficient (Wildman–Crippen LogP) is 4.15. The van der Waals surface area contributed by atoms with E-state index in [9.17, 15) is 18.8 Å². The zero-order chi connectivity index (χ0) is 24.3. The lowest BCUT2D eigenvalue weighted by atomic mass is 9.44. The molecule has 2 bridgehead atoms. The van der Waals surface area contributed by atoms with Crippen molar-refractivity contribution in [1.82, 2.24) is 10.6 Å². The van der Waals surface area contributed by atoms with Gasteiger partial charge in [0, 0.05) is 28.2 Å². The molecule has 7 nitrogen and oxygen atoms in total. The molecule has 3 aromatic rings. The molecule has 1 aromatic heterocycles. The van der Waals surface area contributed by atoms with E-state index in [1.165, 1.54) is 18.2 Å². The lowest BCUT2D eigenvalue weighted by Gasteiger charge is -2.70. The minimum Gasteiger partial charge on any atom is -0.484 e. The summed E-state index contributed by atoms with van der Waals surface area (Å²) in [5.74, 6) is -1.33. The number of carbonyl (C=O) groups excluding carboxylic acids is 2. The molecule has 3 saturated carbocycles. The first-order valence-electron chi connectivity index (χ1n) is 10.5. The van der Waals surface area contributed by atoms with E-state index in [4.69, 9.17) is 32.4 Å². The number of aryl methyl sites for hydroxylation is 1. The van der Waals surface area contributed by atoms with Crippen LogP contribution in [0.5, 0.6) is 5.75 Å². The molecule has 0 unspecified atom stereocenters. The molecule has 0 atom stereocenters. The highest BCUT2D eigenvalue weighted by atomic mass is 35.5. The molecule has 3 aliphatic rings. The predicted molar refractivity (Wildman–Crippen MR) is 124 cm³/mol. The summed E-state index contributed by atoms with van der Waals surface area (Å²) in [5.41, 5.74) is -0.181. The summed E-state index contributed by atoms with van der Waals surface area (Å²) < 4.78 is 24.4. The van der Waals surface area contributed by atoms with Crippen LogP contribution in [0.3, 0.4) is 0 Å². The van der Waals surface area contributed by atoms with E-state index < -0.39 is 22.8 Å². The topological polar surface area (TPSA) is 97.6 Å². The Morgan fingerprint density at radius 2 is 1.76 bits per heavy atom. The Balaban J connectivity index is 1.17. The standard InChI is InChI=1S/C24H19Cl2FN2O5/c1-12-4-19-14(6-16(12)26)18(30)7-20(34-19)22(32)29-24-9-23(10-24,11-24)28-21(31)8-33-13-2-3-15(25)17(27)5-13/h2-7H,8-11H2,1H3,(H,28,31)(H,29,32). The highest BCUT2D eigenvalue weighted by Crippen LogP contribution is 2.60. The number of amides is 2. The van der Waals surface area contributed by atoms with Crippen molar-refractivity contribution in [3.63, 3.8) is 0 Å². The number of hydrogen-bond donors (Lipinski definition) is 2. The molecule has 2 N–H and O–H groups in total. The Morgan fingerprint density at radius 3 is 2.47 bits per heavy atom. The number of benzene rings is 2. The zero-order valence-electron chi connectivity index (χ0n) is 18.0. The molecule has 3 fully saturated rings. The van der Waals surface area contributed by atoms with Gasteiger partial charge in [0.1, 0.15) is 17.1 Å². The van der Waals surface area contributed by atoms with E-state index in [-0.39, 0.29) is 34.5 Å². The van der Waals surface area contributed by atoms with Crippen LogP contribution in [0.1, 0.15) is 35.4 Å². The first kappa shape index (κ1) is 22.7. The van der Waals surface area contributed by atoms with Crippen molar-refractivity contribution >= 4 is 46.0 Å². The number of halogens is 3. The molecular formula is C24H19Cl2FN2O5. The van der Waals surface area contributed by atoms with Gasteiger partial charge in [-0.2, -0.15) is 0 Å². The van der Waals surface area contributed by atoms with Gasteiger partial charge in [0.25, 0.3) is 11.8 Å². The number of rotatable bonds is 6. The SMILES string of the molecule is Cc1cc2oc(C(=O)NC34CC(NC(=O)COc5ccc(Cl)c(F)c5)(C3)C4)cc(=O)c2cc1Cl. The Morgan fingerprint density at radius 1 is 1.06 bits per heavy atom. The molecular weight excluding hydrogens is 486 g/mol. The number of carbonyl (C=O) groups is 2. The fourth-order valence-corrected chi connectivity index (χ4v) is 5.07. The normalized spacial score (nSPS) is 22.5. The zero-order valence-corrected chi connectivity index (χ0v) is 19.5. The van der Waals surface area contributed by atoms with Gasteiger partial charge >= 0.3 is 0 Å². The molecule has 0 saturated heterocycles. The van der Waals surface area contributed by atoms with Crippen LogP contribution in [0.4, 0.5) is 4.39 Å². The molecule has 34 heavy (non-hydrogen) atoms. The summed E-state index contributed by atoms with van der Waals surface area (Å²) in [7, 11) is 0. The van der Waals surface area contributed by atoms with E-state index in [0.717, 1.165) is 17.7 Å². The summed E-state index contributed by atoms with van der Waals surface area (Å²) >= 11 is 11.7. The first-order valence-corrected chi connectivity index (χ1v) is 11.3. The largest absolute Gasteiger partial charge is 0.484 e. The molecule has 0 aliphatic heterocycles. The van der Waals surface area contributed by atoms with Gasteiger partial charge in [-0.1, -0.05) is 23.2 Å². The Kier molecular flexibility index (Phi) is 5.33. The van der Waals surface area contributed by atoms with Crippen LogP contribution < -0.4 is 20.8 Å².